The third-order valence-electron chi connectivity index (χ3n) is 2.87. The largest absolute Gasteiger partial charge is 0.325 e. The molecule has 0 aliphatic rings. The van der Waals surface area contributed by atoms with Crippen molar-refractivity contribution in [2.75, 3.05) is 5.32 Å². The predicted octanol–water partition coefficient (Wildman–Crippen LogP) is 3.05. The number of amides is 1. The summed E-state index contributed by atoms with van der Waals surface area (Å²) in [5.41, 5.74) is 3.20. The Morgan fingerprint density at radius 3 is 2.65 bits per heavy atom. The van der Waals surface area contributed by atoms with Gasteiger partial charge in [-0.1, -0.05) is 19.9 Å². The van der Waals surface area contributed by atoms with E-state index in [1.807, 2.05) is 38.1 Å². The molecule has 3 heteroatoms. The maximum atomic E-state index is 11.7. The van der Waals surface area contributed by atoms with E-state index in [2.05, 4.69) is 12.2 Å². The molecule has 1 rings (SSSR count). The Hall–Kier alpha value is -1.82. The molecule has 1 N–H and O–H groups in total. The third kappa shape index (κ3) is 3.32. The monoisotopic (exact) mass is 230 g/mol. The van der Waals surface area contributed by atoms with Crippen LogP contribution in [0.5, 0.6) is 0 Å². The first kappa shape index (κ1) is 13.2. The molecule has 1 aromatic rings. The minimum absolute atomic E-state index is 0.223. The summed E-state index contributed by atoms with van der Waals surface area (Å²) >= 11 is 0. The molecule has 1 aromatic carbocycles. The van der Waals surface area contributed by atoms with Crippen LogP contribution in [0.2, 0.25) is 0 Å². The van der Waals surface area contributed by atoms with Crippen LogP contribution in [0.15, 0.2) is 18.2 Å². The zero-order chi connectivity index (χ0) is 12.8. The molecule has 0 bridgehead atoms. The van der Waals surface area contributed by atoms with Crippen LogP contribution in [0.3, 0.4) is 0 Å². The molecule has 3 nitrogen and oxygen atoms in total. The van der Waals surface area contributed by atoms with Gasteiger partial charge in [0.05, 0.1) is 6.07 Å². The highest BCUT2D eigenvalue weighted by Crippen LogP contribution is 2.16. The molecule has 0 aliphatic heterocycles. The van der Waals surface area contributed by atoms with Gasteiger partial charge in [0.25, 0.3) is 0 Å². The first-order valence-electron chi connectivity index (χ1n) is 5.92. The average molecular weight is 230 g/mol. The van der Waals surface area contributed by atoms with Crippen LogP contribution in [0.4, 0.5) is 5.69 Å². The number of benzene rings is 1. The molecule has 0 saturated heterocycles. The Kier molecular flexibility index (Phi) is 4.71. The van der Waals surface area contributed by atoms with Crippen LogP contribution in [-0.2, 0) is 11.2 Å². The van der Waals surface area contributed by atoms with Gasteiger partial charge in [-0.05, 0) is 43.0 Å². The van der Waals surface area contributed by atoms with Crippen molar-refractivity contribution in [3.05, 3.63) is 29.3 Å². The normalized spacial score (nSPS) is 11.6. The molecular weight excluding hydrogens is 212 g/mol. The van der Waals surface area contributed by atoms with Crippen LogP contribution in [0.25, 0.3) is 0 Å². The fraction of sp³-hybridized carbons (Fsp3) is 0.429. The van der Waals surface area contributed by atoms with Gasteiger partial charge in [-0.3, -0.25) is 4.79 Å². The second kappa shape index (κ2) is 6.05. The van der Waals surface area contributed by atoms with Gasteiger partial charge in [0.1, 0.15) is 5.92 Å². The first-order valence-corrected chi connectivity index (χ1v) is 5.92. The molecule has 0 radical (unpaired) electrons. The molecule has 1 atom stereocenters. The number of nitriles is 1. The predicted molar refractivity (Wildman–Crippen MR) is 68.6 cm³/mol. The number of nitrogens with zero attached hydrogens (tertiary/aromatic N) is 1. The summed E-state index contributed by atoms with van der Waals surface area (Å²) in [5.74, 6) is -0.792. The van der Waals surface area contributed by atoms with Gasteiger partial charge in [-0.15, -0.1) is 0 Å². The standard InChI is InChI=1S/C14H18N2O/c1-4-11-6-7-13(8-10(11)3)16-14(17)12(5-2)9-15/h6-8,12H,4-5H2,1-3H3,(H,16,17). The second-order valence-electron chi connectivity index (χ2n) is 4.07. The number of carbonyl (C=O) groups excluding carboxylic acids is 1. The van der Waals surface area contributed by atoms with E-state index in [0.717, 1.165) is 17.7 Å². The van der Waals surface area contributed by atoms with Crippen LogP contribution < -0.4 is 5.32 Å². The number of anilines is 1. The maximum Gasteiger partial charge on any atom is 0.241 e. The molecule has 0 aliphatic carbocycles. The van der Waals surface area contributed by atoms with E-state index >= 15 is 0 Å². The fourth-order valence-corrected chi connectivity index (χ4v) is 1.74. The topological polar surface area (TPSA) is 52.9 Å². The lowest BCUT2D eigenvalue weighted by Gasteiger charge is -2.10. The van der Waals surface area contributed by atoms with Gasteiger partial charge < -0.3 is 5.32 Å². The van der Waals surface area contributed by atoms with E-state index < -0.39 is 5.92 Å². The van der Waals surface area contributed by atoms with Gasteiger partial charge in [0.2, 0.25) is 5.91 Å². The van der Waals surface area contributed by atoms with Gasteiger partial charge in [-0.25, -0.2) is 0 Å². The van der Waals surface area contributed by atoms with E-state index in [-0.39, 0.29) is 5.91 Å². The van der Waals surface area contributed by atoms with E-state index in [9.17, 15) is 4.79 Å². The highest BCUT2D eigenvalue weighted by atomic mass is 16.1. The zero-order valence-electron chi connectivity index (χ0n) is 10.6. The smallest absolute Gasteiger partial charge is 0.241 e. The van der Waals surface area contributed by atoms with Crippen molar-refractivity contribution in [3.63, 3.8) is 0 Å². The van der Waals surface area contributed by atoms with Gasteiger partial charge in [0.15, 0.2) is 0 Å². The lowest BCUT2D eigenvalue weighted by Crippen LogP contribution is -2.20. The van der Waals surface area contributed by atoms with Crippen molar-refractivity contribution < 1.29 is 4.79 Å². The number of carbonyl (C=O) groups is 1. The summed E-state index contributed by atoms with van der Waals surface area (Å²) in [7, 11) is 0. The molecule has 90 valence electrons. The first-order chi connectivity index (χ1) is 8.12. The van der Waals surface area contributed by atoms with Crippen LogP contribution in [0, 0.1) is 24.2 Å². The maximum absolute atomic E-state index is 11.7. The lowest BCUT2D eigenvalue weighted by atomic mass is 10.0. The Balaban J connectivity index is 2.79. The van der Waals surface area contributed by atoms with E-state index in [4.69, 9.17) is 5.26 Å². The minimum atomic E-state index is -0.568. The van der Waals surface area contributed by atoms with Gasteiger partial charge >= 0.3 is 0 Å². The van der Waals surface area contributed by atoms with Crippen molar-refractivity contribution in [1.82, 2.24) is 0 Å². The summed E-state index contributed by atoms with van der Waals surface area (Å²) < 4.78 is 0. The molecular formula is C14H18N2O. The second-order valence-corrected chi connectivity index (χ2v) is 4.07. The number of nitrogens with one attached hydrogen (secondary N) is 1. The lowest BCUT2D eigenvalue weighted by molar-refractivity contribution is -0.118. The molecule has 0 fully saturated rings. The third-order valence-corrected chi connectivity index (χ3v) is 2.87. The molecule has 0 spiro atoms. The summed E-state index contributed by atoms with van der Waals surface area (Å²) in [5, 5.41) is 11.6. The highest BCUT2D eigenvalue weighted by Gasteiger charge is 2.15. The SMILES string of the molecule is CCc1ccc(NC(=O)C(C#N)CC)cc1C. The quantitative estimate of drug-likeness (QED) is 0.864. The summed E-state index contributed by atoms with van der Waals surface area (Å²) in [6.07, 6.45) is 1.52. The fourth-order valence-electron chi connectivity index (χ4n) is 1.74. The Labute approximate surface area is 102 Å². The van der Waals surface area contributed by atoms with E-state index in [0.29, 0.717) is 6.42 Å². The van der Waals surface area contributed by atoms with Crippen LogP contribution in [0.1, 0.15) is 31.4 Å². The van der Waals surface area contributed by atoms with E-state index in [1.165, 1.54) is 5.56 Å². The Morgan fingerprint density at radius 2 is 2.18 bits per heavy atom. The van der Waals surface area contributed by atoms with Crippen molar-refractivity contribution in [1.29, 1.82) is 5.26 Å². The Bertz CT molecular complexity index is 446. The number of hydrogen-bond donors (Lipinski definition) is 1. The summed E-state index contributed by atoms with van der Waals surface area (Å²) in [6.45, 7) is 5.96. The minimum Gasteiger partial charge on any atom is -0.325 e. The van der Waals surface area contributed by atoms with Gasteiger partial charge in [0, 0.05) is 5.69 Å². The number of hydrogen-bond acceptors (Lipinski definition) is 2. The molecule has 0 aromatic heterocycles. The Morgan fingerprint density at radius 1 is 1.47 bits per heavy atom. The van der Waals surface area contributed by atoms with Crippen molar-refractivity contribution >= 4 is 11.6 Å². The average Bonchev–Trinajstić information content (AvgIpc) is 2.31. The summed E-state index contributed by atoms with van der Waals surface area (Å²) in [4.78, 5) is 11.7. The molecule has 0 saturated carbocycles. The van der Waals surface area contributed by atoms with Crippen LogP contribution >= 0.6 is 0 Å². The molecule has 1 amide bonds. The van der Waals surface area contributed by atoms with Crippen LogP contribution in [-0.4, -0.2) is 5.91 Å². The van der Waals surface area contributed by atoms with Crippen molar-refractivity contribution in [3.8, 4) is 6.07 Å². The molecule has 17 heavy (non-hydrogen) atoms. The van der Waals surface area contributed by atoms with Gasteiger partial charge in [-0.2, -0.15) is 5.26 Å². The highest BCUT2D eigenvalue weighted by molar-refractivity contribution is 5.94. The zero-order valence-corrected chi connectivity index (χ0v) is 10.6. The number of aryl methyl sites for hydroxylation is 2. The van der Waals surface area contributed by atoms with E-state index in [1.54, 1.807) is 0 Å². The van der Waals surface area contributed by atoms with Crippen molar-refractivity contribution in [2.24, 2.45) is 5.92 Å². The molecule has 0 heterocycles. The summed E-state index contributed by atoms with van der Waals surface area (Å²) in [6, 6.07) is 7.84. The number of rotatable bonds is 4. The molecule has 1 unspecified atom stereocenters. The van der Waals surface area contributed by atoms with Crippen molar-refractivity contribution in [2.45, 2.75) is 33.6 Å².